The van der Waals surface area contributed by atoms with Gasteiger partial charge in [-0.05, 0) is 43.4 Å². The van der Waals surface area contributed by atoms with E-state index in [2.05, 4.69) is 5.32 Å². The first-order chi connectivity index (χ1) is 10.5. The maximum Gasteiger partial charge on any atom is 0.317 e. The predicted octanol–water partition coefficient (Wildman–Crippen LogP) is 2.24. The van der Waals surface area contributed by atoms with Crippen molar-refractivity contribution < 1.29 is 18.3 Å². The summed E-state index contributed by atoms with van der Waals surface area (Å²) in [6, 6.07) is 0.0144. The molecule has 2 aliphatic carbocycles. The zero-order valence-corrected chi connectivity index (χ0v) is 12.6. The van der Waals surface area contributed by atoms with E-state index in [1.807, 2.05) is 4.90 Å². The van der Waals surface area contributed by atoms with E-state index < -0.39 is 11.3 Å². The van der Waals surface area contributed by atoms with Crippen molar-refractivity contribution in [3.63, 3.8) is 0 Å². The lowest BCUT2D eigenvalue weighted by atomic mass is 9.87. The Morgan fingerprint density at radius 3 is 2.32 bits per heavy atom. The van der Waals surface area contributed by atoms with Crippen LogP contribution in [0.4, 0.5) is 13.6 Å². The van der Waals surface area contributed by atoms with Crippen LogP contribution in [0.2, 0.25) is 0 Å². The standard InChI is InChI=1S/C16H22F2N2O2/c17-16(18)8-15(16)3-9-1-2-10(4-15)20(9)14(21)19-5-11-12-6-22-7-13(11)12/h9-13H,1-8H2,(H,19,21). The van der Waals surface area contributed by atoms with Gasteiger partial charge in [-0.15, -0.1) is 0 Å². The van der Waals surface area contributed by atoms with Crippen LogP contribution in [0.3, 0.4) is 0 Å². The number of carbonyl (C=O) groups is 1. The molecule has 5 rings (SSSR count). The number of fused-ring (bicyclic) bond motifs is 3. The minimum absolute atomic E-state index is 0.0224. The second kappa shape index (κ2) is 4.13. The Morgan fingerprint density at radius 2 is 1.77 bits per heavy atom. The molecule has 1 N–H and O–H groups in total. The lowest BCUT2D eigenvalue weighted by Gasteiger charge is -2.39. The summed E-state index contributed by atoms with van der Waals surface area (Å²) in [5, 5.41) is 3.06. The molecule has 2 amide bonds. The maximum absolute atomic E-state index is 13.6. The summed E-state index contributed by atoms with van der Waals surface area (Å²) in [6.07, 6.45) is 2.80. The highest BCUT2D eigenvalue weighted by molar-refractivity contribution is 5.75. The Balaban J connectivity index is 1.20. The quantitative estimate of drug-likeness (QED) is 0.849. The van der Waals surface area contributed by atoms with Crippen LogP contribution in [0, 0.1) is 23.2 Å². The van der Waals surface area contributed by atoms with Gasteiger partial charge in [0.25, 0.3) is 5.92 Å². The Morgan fingerprint density at radius 1 is 1.18 bits per heavy atom. The maximum atomic E-state index is 13.6. The van der Waals surface area contributed by atoms with Crippen molar-refractivity contribution in [3.8, 4) is 0 Å². The van der Waals surface area contributed by atoms with Gasteiger partial charge in [0, 0.05) is 30.5 Å². The predicted molar refractivity (Wildman–Crippen MR) is 74.6 cm³/mol. The van der Waals surface area contributed by atoms with Gasteiger partial charge in [-0.25, -0.2) is 13.6 Å². The number of piperidine rings is 1. The number of alkyl halides is 2. The summed E-state index contributed by atoms with van der Waals surface area (Å²) in [5.41, 5.74) is -0.777. The molecule has 3 saturated heterocycles. The minimum Gasteiger partial charge on any atom is -0.381 e. The van der Waals surface area contributed by atoms with E-state index in [1.165, 1.54) is 0 Å². The zero-order chi connectivity index (χ0) is 15.1. The van der Waals surface area contributed by atoms with Crippen molar-refractivity contribution in [2.75, 3.05) is 19.8 Å². The van der Waals surface area contributed by atoms with Crippen molar-refractivity contribution in [2.24, 2.45) is 23.2 Å². The van der Waals surface area contributed by atoms with Gasteiger partial charge in [0.15, 0.2) is 0 Å². The summed E-state index contributed by atoms with van der Waals surface area (Å²) in [7, 11) is 0. The molecule has 2 bridgehead atoms. The minimum atomic E-state index is -2.48. The second-order valence-corrected chi connectivity index (χ2v) is 8.08. The summed E-state index contributed by atoms with van der Waals surface area (Å²) < 4.78 is 32.6. The SMILES string of the molecule is O=C(NCC1C2COCC12)N1C2CCC1CC1(C2)CC1(F)F. The molecule has 22 heavy (non-hydrogen) atoms. The van der Waals surface area contributed by atoms with Crippen molar-refractivity contribution in [1.82, 2.24) is 10.2 Å². The third-order valence-corrected chi connectivity index (χ3v) is 6.94. The second-order valence-electron chi connectivity index (χ2n) is 8.08. The molecule has 0 radical (unpaired) electrons. The number of urea groups is 1. The lowest BCUT2D eigenvalue weighted by molar-refractivity contribution is 0.0169. The fourth-order valence-electron chi connectivity index (χ4n) is 5.46. The highest BCUT2D eigenvalue weighted by Gasteiger charge is 2.74. The van der Waals surface area contributed by atoms with E-state index in [4.69, 9.17) is 4.74 Å². The fourth-order valence-corrected chi connectivity index (χ4v) is 5.46. The van der Waals surface area contributed by atoms with Crippen LogP contribution in [0.5, 0.6) is 0 Å². The van der Waals surface area contributed by atoms with Crippen LogP contribution in [0.25, 0.3) is 0 Å². The van der Waals surface area contributed by atoms with E-state index in [0.29, 0.717) is 30.6 Å². The Bertz CT molecular complexity index is 502. The molecule has 2 saturated carbocycles. The monoisotopic (exact) mass is 312 g/mol. The molecule has 122 valence electrons. The van der Waals surface area contributed by atoms with Gasteiger partial charge < -0.3 is 15.0 Å². The van der Waals surface area contributed by atoms with Gasteiger partial charge in [-0.2, -0.15) is 0 Å². The van der Waals surface area contributed by atoms with E-state index in [0.717, 1.165) is 32.6 Å². The van der Waals surface area contributed by atoms with E-state index in [1.54, 1.807) is 0 Å². The van der Waals surface area contributed by atoms with Crippen LogP contribution in [0.15, 0.2) is 0 Å². The fraction of sp³-hybridized carbons (Fsp3) is 0.938. The molecular formula is C16H22F2N2O2. The molecule has 5 aliphatic rings. The van der Waals surface area contributed by atoms with E-state index in [9.17, 15) is 13.6 Å². The van der Waals surface area contributed by atoms with Gasteiger partial charge in [-0.1, -0.05) is 0 Å². The van der Waals surface area contributed by atoms with Gasteiger partial charge in [0.2, 0.25) is 0 Å². The number of nitrogens with one attached hydrogen (secondary N) is 1. The van der Waals surface area contributed by atoms with Crippen molar-refractivity contribution in [3.05, 3.63) is 0 Å². The van der Waals surface area contributed by atoms with Crippen molar-refractivity contribution in [2.45, 2.75) is 50.1 Å². The summed E-state index contributed by atoms with van der Waals surface area (Å²) in [4.78, 5) is 14.4. The summed E-state index contributed by atoms with van der Waals surface area (Å²) in [5.74, 6) is -0.653. The van der Waals surface area contributed by atoms with Crippen LogP contribution < -0.4 is 5.32 Å². The summed E-state index contributed by atoms with van der Waals surface area (Å²) in [6.45, 7) is 2.38. The largest absolute Gasteiger partial charge is 0.381 e. The van der Waals surface area contributed by atoms with Gasteiger partial charge in [-0.3, -0.25) is 0 Å². The summed E-state index contributed by atoms with van der Waals surface area (Å²) >= 11 is 0. The molecule has 0 aromatic carbocycles. The molecule has 4 atom stereocenters. The Hall–Kier alpha value is -0.910. The van der Waals surface area contributed by atoms with Crippen LogP contribution in [-0.2, 0) is 4.74 Å². The number of nitrogens with zero attached hydrogens (tertiary/aromatic N) is 1. The smallest absolute Gasteiger partial charge is 0.317 e. The number of carbonyl (C=O) groups excluding carboxylic acids is 1. The third kappa shape index (κ3) is 1.73. The van der Waals surface area contributed by atoms with Gasteiger partial charge in [0.05, 0.1) is 13.2 Å². The normalized spacial score (nSPS) is 50.1. The topological polar surface area (TPSA) is 41.6 Å². The number of hydrogen-bond acceptors (Lipinski definition) is 2. The number of rotatable bonds is 2. The third-order valence-electron chi connectivity index (χ3n) is 6.94. The highest BCUT2D eigenvalue weighted by Crippen LogP contribution is 2.69. The molecule has 3 aliphatic heterocycles. The molecule has 3 heterocycles. The average Bonchev–Trinajstić information content (AvgIpc) is 3.05. The first kappa shape index (κ1) is 13.5. The lowest BCUT2D eigenvalue weighted by Crippen LogP contribution is -2.52. The number of hydrogen-bond donors (Lipinski definition) is 1. The first-order valence-corrected chi connectivity index (χ1v) is 8.52. The van der Waals surface area contributed by atoms with Gasteiger partial charge in [0.1, 0.15) is 0 Å². The van der Waals surface area contributed by atoms with Gasteiger partial charge >= 0.3 is 6.03 Å². The first-order valence-electron chi connectivity index (χ1n) is 8.52. The van der Waals surface area contributed by atoms with E-state index >= 15 is 0 Å². The molecule has 4 nitrogen and oxygen atoms in total. The molecule has 4 unspecified atom stereocenters. The highest BCUT2D eigenvalue weighted by atomic mass is 19.3. The molecule has 6 heteroatoms. The number of ether oxygens (including phenoxy) is 1. The molecular weight excluding hydrogens is 290 g/mol. The van der Waals surface area contributed by atoms with Crippen LogP contribution in [-0.4, -0.2) is 48.7 Å². The van der Waals surface area contributed by atoms with Crippen molar-refractivity contribution in [1.29, 1.82) is 0 Å². The number of amides is 2. The molecule has 5 fully saturated rings. The zero-order valence-electron chi connectivity index (χ0n) is 12.6. The Kier molecular flexibility index (Phi) is 2.54. The van der Waals surface area contributed by atoms with Crippen LogP contribution >= 0.6 is 0 Å². The molecule has 0 aromatic rings. The van der Waals surface area contributed by atoms with E-state index in [-0.39, 0.29) is 24.5 Å². The average molecular weight is 312 g/mol. The number of halogens is 2. The van der Waals surface area contributed by atoms with Crippen molar-refractivity contribution >= 4 is 6.03 Å². The Labute approximate surface area is 128 Å². The van der Waals surface area contributed by atoms with Crippen LogP contribution in [0.1, 0.15) is 32.1 Å². The molecule has 0 aromatic heterocycles. The molecule has 1 spiro atoms.